The molecular formula is C18H34N2O3. The van der Waals surface area contributed by atoms with Crippen LogP contribution in [-0.4, -0.2) is 47.1 Å². The normalized spacial score (nSPS) is 17.3. The van der Waals surface area contributed by atoms with E-state index in [-0.39, 0.29) is 24.7 Å². The summed E-state index contributed by atoms with van der Waals surface area (Å²) in [4.78, 5) is 25.9. The maximum Gasteiger partial charge on any atom is 0.223 e. The van der Waals surface area contributed by atoms with Crippen LogP contribution in [0.15, 0.2) is 0 Å². The molecule has 23 heavy (non-hydrogen) atoms. The van der Waals surface area contributed by atoms with Crippen LogP contribution in [0.5, 0.6) is 0 Å². The van der Waals surface area contributed by atoms with E-state index in [1.807, 2.05) is 4.90 Å². The number of carbonyl (C=O) groups is 2. The zero-order chi connectivity index (χ0) is 17.1. The van der Waals surface area contributed by atoms with Crippen LogP contribution < -0.4 is 5.32 Å². The second-order valence-corrected chi connectivity index (χ2v) is 6.80. The number of amides is 2. The van der Waals surface area contributed by atoms with Gasteiger partial charge in [0.1, 0.15) is 0 Å². The molecule has 134 valence electrons. The lowest BCUT2D eigenvalue weighted by Crippen LogP contribution is -2.43. The van der Waals surface area contributed by atoms with E-state index in [1.54, 1.807) is 0 Å². The molecule has 0 saturated heterocycles. The zero-order valence-electron chi connectivity index (χ0n) is 14.9. The van der Waals surface area contributed by atoms with Crippen LogP contribution in [0.2, 0.25) is 0 Å². The van der Waals surface area contributed by atoms with E-state index in [2.05, 4.69) is 19.2 Å². The van der Waals surface area contributed by atoms with Crippen molar-refractivity contribution in [3.05, 3.63) is 0 Å². The van der Waals surface area contributed by atoms with Gasteiger partial charge in [0.05, 0.1) is 5.60 Å². The Morgan fingerprint density at radius 1 is 1.00 bits per heavy atom. The lowest BCUT2D eigenvalue weighted by molar-refractivity contribution is -0.133. The van der Waals surface area contributed by atoms with E-state index in [1.165, 1.54) is 0 Å². The first kappa shape index (κ1) is 19.9. The second kappa shape index (κ2) is 10.6. The highest BCUT2D eigenvalue weighted by Crippen LogP contribution is 2.26. The third kappa shape index (κ3) is 7.82. The van der Waals surface area contributed by atoms with Crippen molar-refractivity contribution in [1.82, 2.24) is 10.2 Å². The Labute approximate surface area is 140 Å². The Hall–Kier alpha value is -1.10. The molecule has 0 radical (unpaired) electrons. The Bertz CT molecular complexity index is 357. The fraction of sp³-hybridized carbons (Fsp3) is 0.889. The van der Waals surface area contributed by atoms with Crippen molar-refractivity contribution in [3.63, 3.8) is 0 Å². The molecular weight excluding hydrogens is 292 g/mol. The van der Waals surface area contributed by atoms with Crippen LogP contribution >= 0.6 is 0 Å². The lowest BCUT2D eigenvalue weighted by Gasteiger charge is -2.27. The number of rotatable bonds is 9. The van der Waals surface area contributed by atoms with Crippen LogP contribution in [0.1, 0.15) is 78.1 Å². The van der Waals surface area contributed by atoms with E-state index < -0.39 is 5.60 Å². The standard InChI is InChI=1S/C18H34N2O3/c1-3-13-20(14-4-2)17(22)10-9-16(21)19-15-18(23)11-7-5-6-8-12-18/h23H,3-15H2,1-2H3,(H,19,21). The summed E-state index contributed by atoms with van der Waals surface area (Å²) in [6.45, 7) is 5.93. The molecule has 1 saturated carbocycles. The Morgan fingerprint density at radius 3 is 2.09 bits per heavy atom. The summed E-state index contributed by atoms with van der Waals surface area (Å²) in [6.07, 6.45) is 8.21. The molecule has 0 aromatic rings. The van der Waals surface area contributed by atoms with Gasteiger partial charge in [0.15, 0.2) is 0 Å². The third-order valence-electron chi connectivity index (χ3n) is 4.55. The minimum Gasteiger partial charge on any atom is -0.388 e. The van der Waals surface area contributed by atoms with Gasteiger partial charge >= 0.3 is 0 Å². The predicted octanol–water partition coefficient (Wildman–Crippen LogP) is 2.62. The average molecular weight is 326 g/mol. The fourth-order valence-electron chi connectivity index (χ4n) is 3.19. The molecule has 0 aromatic heterocycles. The quantitative estimate of drug-likeness (QED) is 0.640. The molecule has 1 aliphatic carbocycles. The summed E-state index contributed by atoms with van der Waals surface area (Å²) >= 11 is 0. The van der Waals surface area contributed by atoms with Gasteiger partial charge in [-0.3, -0.25) is 9.59 Å². The molecule has 2 N–H and O–H groups in total. The second-order valence-electron chi connectivity index (χ2n) is 6.80. The first-order valence-electron chi connectivity index (χ1n) is 9.27. The molecule has 0 spiro atoms. The number of nitrogens with zero attached hydrogens (tertiary/aromatic N) is 1. The van der Waals surface area contributed by atoms with E-state index >= 15 is 0 Å². The van der Waals surface area contributed by atoms with Gasteiger partial charge < -0.3 is 15.3 Å². The summed E-state index contributed by atoms with van der Waals surface area (Å²) in [7, 11) is 0. The summed E-state index contributed by atoms with van der Waals surface area (Å²) < 4.78 is 0. The van der Waals surface area contributed by atoms with Crippen molar-refractivity contribution in [2.24, 2.45) is 0 Å². The smallest absolute Gasteiger partial charge is 0.223 e. The molecule has 0 atom stereocenters. The predicted molar refractivity (Wildman–Crippen MR) is 92.1 cm³/mol. The SMILES string of the molecule is CCCN(CCC)C(=O)CCC(=O)NCC1(O)CCCCCC1. The molecule has 0 aromatic carbocycles. The first-order valence-corrected chi connectivity index (χ1v) is 9.27. The van der Waals surface area contributed by atoms with Crippen molar-refractivity contribution in [2.75, 3.05) is 19.6 Å². The molecule has 5 heteroatoms. The molecule has 0 heterocycles. The van der Waals surface area contributed by atoms with Crippen molar-refractivity contribution < 1.29 is 14.7 Å². The third-order valence-corrected chi connectivity index (χ3v) is 4.55. The number of hydrogen-bond acceptors (Lipinski definition) is 3. The minimum absolute atomic E-state index is 0.0528. The Kier molecular flexibility index (Phi) is 9.22. The van der Waals surface area contributed by atoms with Crippen LogP contribution in [0.4, 0.5) is 0 Å². The minimum atomic E-state index is -0.757. The highest BCUT2D eigenvalue weighted by Gasteiger charge is 2.28. The maximum atomic E-state index is 12.1. The molecule has 0 unspecified atom stereocenters. The van der Waals surface area contributed by atoms with Crippen molar-refractivity contribution >= 4 is 11.8 Å². The molecule has 5 nitrogen and oxygen atoms in total. The Morgan fingerprint density at radius 2 is 1.57 bits per heavy atom. The summed E-state index contributed by atoms with van der Waals surface area (Å²) in [5.74, 6) is -0.0824. The van der Waals surface area contributed by atoms with Gasteiger partial charge in [0.25, 0.3) is 0 Å². The summed E-state index contributed by atoms with van der Waals surface area (Å²) in [5.41, 5.74) is -0.757. The fourth-order valence-corrected chi connectivity index (χ4v) is 3.19. The van der Waals surface area contributed by atoms with Crippen LogP contribution in [-0.2, 0) is 9.59 Å². The van der Waals surface area contributed by atoms with Crippen molar-refractivity contribution in [1.29, 1.82) is 0 Å². The van der Waals surface area contributed by atoms with Gasteiger partial charge in [-0.05, 0) is 25.7 Å². The highest BCUT2D eigenvalue weighted by molar-refractivity contribution is 5.83. The average Bonchev–Trinajstić information content (AvgIpc) is 2.75. The van der Waals surface area contributed by atoms with Crippen LogP contribution in [0.3, 0.4) is 0 Å². The zero-order valence-corrected chi connectivity index (χ0v) is 14.9. The summed E-state index contributed by atoms with van der Waals surface area (Å²) in [6, 6.07) is 0. The number of carbonyl (C=O) groups excluding carboxylic acids is 2. The van der Waals surface area contributed by atoms with Crippen LogP contribution in [0, 0.1) is 0 Å². The highest BCUT2D eigenvalue weighted by atomic mass is 16.3. The molecule has 1 fully saturated rings. The molecule has 1 aliphatic rings. The molecule has 0 aliphatic heterocycles. The van der Waals surface area contributed by atoms with Gasteiger partial charge in [0, 0.05) is 32.5 Å². The van der Waals surface area contributed by atoms with E-state index in [9.17, 15) is 14.7 Å². The number of aliphatic hydroxyl groups is 1. The number of nitrogens with one attached hydrogen (secondary N) is 1. The maximum absolute atomic E-state index is 12.1. The van der Waals surface area contributed by atoms with Gasteiger partial charge in [0.2, 0.25) is 11.8 Å². The topological polar surface area (TPSA) is 69.6 Å². The molecule has 1 rings (SSSR count). The molecule has 2 amide bonds. The van der Waals surface area contributed by atoms with Gasteiger partial charge in [-0.1, -0.05) is 39.5 Å². The van der Waals surface area contributed by atoms with Gasteiger partial charge in [-0.15, -0.1) is 0 Å². The van der Waals surface area contributed by atoms with Crippen LogP contribution in [0.25, 0.3) is 0 Å². The summed E-state index contributed by atoms with van der Waals surface area (Å²) in [5, 5.41) is 13.3. The van der Waals surface area contributed by atoms with E-state index in [0.29, 0.717) is 6.54 Å². The lowest BCUT2D eigenvalue weighted by atomic mass is 9.94. The van der Waals surface area contributed by atoms with Crippen molar-refractivity contribution in [3.8, 4) is 0 Å². The largest absolute Gasteiger partial charge is 0.388 e. The van der Waals surface area contributed by atoms with E-state index in [4.69, 9.17) is 0 Å². The Balaban J connectivity index is 2.31. The monoisotopic (exact) mass is 326 g/mol. The van der Waals surface area contributed by atoms with E-state index in [0.717, 1.165) is 64.5 Å². The molecule has 0 bridgehead atoms. The van der Waals surface area contributed by atoms with Crippen molar-refractivity contribution in [2.45, 2.75) is 83.7 Å². The van der Waals surface area contributed by atoms with Gasteiger partial charge in [-0.2, -0.15) is 0 Å². The van der Waals surface area contributed by atoms with Gasteiger partial charge in [-0.25, -0.2) is 0 Å². The number of hydrogen-bond donors (Lipinski definition) is 2. The first-order chi connectivity index (χ1) is 11.0.